The van der Waals surface area contributed by atoms with Crippen LogP contribution < -0.4 is 10.5 Å². The van der Waals surface area contributed by atoms with Crippen LogP contribution in [0.25, 0.3) is 0 Å². The largest absolute Gasteiger partial charge is 0.355 e. The molecule has 0 bridgehead atoms. The monoisotopic (exact) mass is 262 g/mol. The summed E-state index contributed by atoms with van der Waals surface area (Å²) in [5.41, 5.74) is 2.75. The van der Waals surface area contributed by atoms with Crippen molar-refractivity contribution in [2.75, 3.05) is 5.32 Å². The highest BCUT2D eigenvalue weighted by Crippen LogP contribution is 2.19. The summed E-state index contributed by atoms with van der Waals surface area (Å²) in [5.74, 6) is 0. The molecule has 18 heavy (non-hydrogen) atoms. The average Bonchev–Trinajstić information content (AvgIpc) is 2.31. The summed E-state index contributed by atoms with van der Waals surface area (Å²) in [7, 11) is -3.66. The number of hydrogen-bond donors (Lipinski definition) is 2. The number of nitrogens with two attached hydrogens (primary N) is 1. The molecule has 2 aromatic rings. The molecule has 0 aliphatic carbocycles. The third kappa shape index (κ3) is 3.09. The smallest absolute Gasteiger partial charge is 0.238 e. The van der Waals surface area contributed by atoms with Crippen molar-refractivity contribution >= 4 is 21.4 Å². The van der Waals surface area contributed by atoms with Crippen molar-refractivity contribution in [1.82, 2.24) is 0 Å². The van der Waals surface area contributed by atoms with E-state index < -0.39 is 10.0 Å². The van der Waals surface area contributed by atoms with E-state index in [1.54, 1.807) is 12.1 Å². The molecule has 94 valence electrons. The Hall–Kier alpha value is -1.85. The molecule has 0 radical (unpaired) electrons. The van der Waals surface area contributed by atoms with E-state index in [0.717, 1.165) is 5.69 Å². The molecule has 0 heterocycles. The topological polar surface area (TPSA) is 72.2 Å². The third-order valence-electron chi connectivity index (χ3n) is 2.50. The number of benzene rings is 2. The van der Waals surface area contributed by atoms with Gasteiger partial charge in [-0.25, -0.2) is 13.6 Å². The first-order valence-corrected chi connectivity index (χ1v) is 6.96. The predicted octanol–water partition coefficient (Wildman–Crippen LogP) is 2.39. The summed E-state index contributed by atoms with van der Waals surface area (Å²) in [6.45, 7) is 2.01. The fourth-order valence-electron chi connectivity index (χ4n) is 1.55. The van der Waals surface area contributed by atoms with Crippen molar-refractivity contribution in [2.24, 2.45) is 5.14 Å². The summed E-state index contributed by atoms with van der Waals surface area (Å²) in [6.07, 6.45) is 0. The van der Waals surface area contributed by atoms with Gasteiger partial charge in [-0.2, -0.15) is 0 Å². The van der Waals surface area contributed by atoms with Gasteiger partial charge >= 0.3 is 0 Å². The van der Waals surface area contributed by atoms with Gasteiger partial charge in [0.25, 0.3) is 0 Å². The lowest BCUT2D eigenvalue weighted by atomic mass is 10.2. The molecule has 2 aromatic carbocycles. The van der Waals surface area contributed by atoms with Crippen LogP contribution in [-0.2, 0) is 10.0 Å². The van der Waals surface area contributed by atoms with Gasteiger partial charge in [-0.1, -0.05) is 23.8 Å². The van der Waals surface area contributed by atoms with Gasteiger partial charge in [0.1, 0.15) is 0 Å². The Morgan fingerprint density at radius 1 is 1.00 bits per heavy atom. The molecule has 0 aliphatic rings. The van der Waals surface area contributed by atoms with E-state index in [4.69, 9.17) is 5.14 Å². The number of aryl methyl sites for hydroxylation is 1. The summed E-state index contributed by atoms with van der Waals surface area (Å²) in [5, 5.41) is 8.21. The van der Waals surface area contributed by atoms with Crippen LogP contribution in [0.3, 0.4) is 0 Å². The van der Waals surface area contributed by atoms with Gasteiger partial charge < -0.3 is 5.32 Å². The molecule has 4 nitrogen and oxygen atoms in total. The van der Waals surface area contributed by atoms with Crippen LogP contribution in [0.4, 0.5) is 11.4 Å². The minimum atomic E-state index is -3.66. The van der Waals surface area contributed by atoms with Gasteiger partial charge in [-0.15, -0.1) is 0 Å². The molecule has 2 rings (SSSR count). The van der Waals surface area contributed by atoms with E-state index >= 15 is 0 Å². The normalized spacial score (nSPS) is 11.2. The highest BCUT2D eigenvalue weighted by Gasteiger charge is 2.07. The molecule has 0 saturated heterocycles. The SMILES string of the molecule is Cc1ccc(Nc2cccc(S(N)(=O)=O)c2)cc1. The third-order valence-corrected chi connectivity index (χ3v) is 3.41. The second-order valence-electron chi connectivity index (χ2n) is 4.06. The zero-order valence-electron chi connectivity index (χ0n) is 9.92. The molecular formula is C13H14N2O2S. The van der Waals surface area contributed by atoms with Gasteiger partial charge in [0.2, 0.25) is 10.0 Å². The molecule has 0 fully saturated rings. The molecule has 0 amide bonds. The first-order valence-electron chi connectivity index (χ1n) is 5.42. The van der Waals surface area contributed by atoms with Crippen LogP contribution in [0.15, 0.2) is 53.4 Å². The van der Waals surface area contributed by atoms with E-state index in [0.29, 0.717) is 5.69 Å². The number of anilines is 2. The van der Waals surface area contributed by atoms with Crippen LogP contribution in [0.1, 0.15) is 5.56 Å². The summed E-state index contributed by atoms with van der Waals surface area (Å²) < 4.78 is 22.5. The van der Waals surface area contributed by atoms with Crippen LogP contribution in [0.2, 0.25) is 0 Å². The Balaban J connectivity index is 2.27. The lowest BCUT2D eigenvalue weighted by Gasteiger charge is -2.08. The second kappa shape index (κ2) is 4.80. The van der Waals surface area contributed by atoms with E-state index in [1.165, 1.54) is 17.7 Å². The molecule has 0 aliphatic heterocycles. The minimum Gasteiger partial charge on any atom is -0.355 e. The van der Waals surface area contributed by atoms with Gasteiger partial charge in [0.05, 0.1) is 4.90 Å². The van der Waals surface area contributed by atoms with Gasteiger partial charge in [-0.05, 0) is 37.3 Å². The van der Waals surface area contributed by atoms with Gasteiger partial charge in [0.15, 0.2) is 0 Å². The highest BCUT2D eigenvalue weighted by molar-refractivity contribution is 7.89. The Labute approximate surface area is 107 Å². The van der Waals surface area contributed by atoms with Gasteiger partial charge in [0, 0.05) is 11.4 Å². The van der Waals surface area contributed by atoms with Crippen molar-refractivity contribution in [3.8, 4) is 0 Å². The fourth-order valence-corrected chi connectivity index (χ4v) is 2.11. The molecule has 0 atom stereocenters. The van der Waals surface area contributed by atoms with Crippen LogP contribution in [0, 0.1) is 6.92 Å². The number of hydrogen-bond acceptors (Lipinski definition) is 3. The van der Waals surface area contributed by atoms with Crippen molar-refractivity contribution in [2.45, 2.75) is 11.8 Å². The quantitative estimate of drug-likeness (QED) is 0.892. The molecule has 3 N–H and O–H groups in total. The zero-order chi connectivity index (χ0) is 13.2. The Kier molecular flexibility index (Phi) is 3.36. The molecule has 0 unspecified atom stereocenters. The van der Waals surface area contributed by atoms with Crippen molar-refractivity contribution in [3.63, 3.8) is 0 Å². The van der Waals surface area contributed by atoms with Crippen molar-refractivity contribution in [3.05, 3.63) is 54.1 Å². The number of nitrogens with one attached hydrogen (secondary N) is 1. The number of primary sulfonamides is 1. The Morgan fingerprint density at radius 2 is 1.67 bits per heavy atom. The Morgan fingerprint density at radius 3 is 2.28 bits per heavy atom. The van der Waals surface area contributed by atoms with E-state index in [-0.39, 0.29) is 4.90 Å². The van der Waals surface area contributed by atoms with Gasteiger partial charge in [-0.3, -0.25) is 0 Å². The highest BCUT2D eigenvalue weighted by atomic mass is 32.2. The first kappa shape index (κ1) is 12.6. The summed E-state index contributed by atoms with van der Waals surface area (Å²) in [6, 6.07) is 14.2. The van der Waals surface area contributed by atoms with Crippen LogP contribution in [-0.4, -0.2) is 8.42 Å². The Bertz CT molecular complexity index is 649. The zero-order valence-corrected chi connectivity index (χ0v) is 10.7. The standard InChI is InChI=1S/C13H14N2O2S/c1-10-5-7-11(8-6-10)15-12-3-2-4-13(9-12)18(14,16)17/h2-9,15H,1H3,(H2,14,16,17). The summed E-state index contributed by atoms with van der Waals surface area (Å²) >= 11 is 0. The maximum atomic E-state index is 11.2. The number of sulfonamides is 1. The lowest BCUT2D eigenvalue weighted by molar-refractivity contribution is 0.598. The molecule has 0 saturated carbocycles. The molecular weight excluding hydrogens is 248 g/mol. The maximum absolute atomic E-state index is 11.2. The first-order chi connectivity index (χ1) is 8.45. The van der Waals surface area contributed by atoms with Crippen LogP contribution in [0.5, 0.6) is 0 Å². The van der Waals surface area contributed by atoms with E-state index in [1.807, 2.05) is 31.2 Å². The maximum Gasteiger partial charge on any atom is 0.238 e. The van der Waals surface area contributed by atoms with Crippen LogP contribution >= 0.6 is 0 Å². The van der Waals surface area contributed by atoms with Crippen molar-refractivity contribution in [1.29, 1.82) is 0 Å². The molecule has 0 spiro atoms. The van der Waals surface area contributed by atoms with E-state index in [9.17, 15) is 8.42 Å². The summed E-state index contributed by atoms with van der Waals surface area (Å²) in [4.78, 5) is 0.0969. The second-order valence-corrected chi connectivity index (χ2v) is 5.63. The lowest BCUT2D eigenvalue weighted by Crippen LogP contribution is -2.12. The number of rotatable bonds is 3. The minimum absolute atomic E-state index is 0.0969. The molecule has 5 heteroatoms. The predicted molar refractivity (Wildman–Crippen MR) is 72.3 cm³/mol. The average molecular weight is 262 g/mol. The fraction of sp³-hybridized carbons (Fsp3) is 0.0769. The van der Waals surface area contributed by atoms with Crippen molar-refractivity contribution < 1.29 is 8.42 Å². The molecule has 0 aromatic heterocycles. The van der Waals surface area contributed by atoms with E-state index in [2.05, 4.69) is 5.32 Å².